The fourth-order valence-corrected chi connectivity index (χ4v) is 4.58. The largest absolute Gasteiger partial charge is 0.387 e. The lowest BCUT2D eigenvalue weighted by Gasteiger charge is -2.36. The quantitative estimate of drug-likeness (QED) is 0.736. The standard InChI is InChI=1S/C13H27N3O3S/c1-3-10-20(18,19)16-5-4-13(17,12-16)11-15-8-6-14(2)7-9-15/h17H,3-12H2,1-2H3/t13-/m0/s1. The predicted octanol–water partition coefficient (Wildman–Crippen LogP) is -0.590. The van der Waals surface area contributed by atoms with E-state index in [0.29, 0.717) is 25.9 Å². The number of hydrogen-bond acceptors (Lipinski definition) is 5. The zero-order valence-corrected chi connectivity index (χ0v) is 13.4. The highest BCUT2D eigenvalue weighted by molar-refractivity contribution is 7.89. The molecule has 2 aliphatic rings. The molecule has 2 rings (SSSR count). The molecule has 2 saturated heterocycles. The van der Waals surface area contributed by atoms with E-state index in [4.69, 9.17) is 0 Å². The van der Waals surface area contributed by atoms with Crippen molar-refractivity contribution in [3.05, 3.63) is 0 Å². The second kappa shape index (κ2) is 6.27. The molecular formula is C13H27N3O3S. The summed E-state index contributed by atoms with van der Waals surface area (Å²) < 4.78 is 25.6. The summed E-state index contributed by atoms with van der Waals surface area (Å²) in [4.78, 5) is 4.52. The van der Waals surface area contributed by atoms with Crippen molar-refractivity contribution in [1.29, 1.82) is 0 Å². The zero-order valence-electron chi connectivity index (χ0n) is 12.6. The molecule has 20 heavy (non-hydrogen) atoms. The number of β-amino-alcohol motifs (C(OH)–C–C–N with tert-alkyl or cyclic N) is 1. The van der Waals surface area contributed by atoms with Crippen LogP contribution in [-0.4, -0.2) is 91.8 Å². The Bertz CT molecular complexity index is 421. The maximum Gasteiger partial charge on any atom is 0.214 e. The Labute approximate surface area is 122 Å². The first kappa shape index (κ1) is 16.2. The number of nitrogens with zero attached hydrogens (tertiary/aromatic N) is 3. The van der Waals surface area contributed by atoms with E-state index in [1.807, 2.05) is 6.92 Å². The van der Waals surface area contributed by atoms with E-state index in [2.05, 4.69) is 16.8 Å². The van der Waals surface area contributed by atoms with E-state index in [1.165, 1.54) is 4.31 Å². The Morgan fingerprint density at radius 3 is 2.40 bits per heavy atom. The molecule has 0 spiro atoms. The van der Waals surface area contributed by atoms with Crippen LogP contribution in [0.25, 0.3) is 0 Å². The molecule has 1 atom stereocenters. The molecule has 1 N–H and O–H groups in total. The minimum Gasteiger partial charge on any atom is -0.387 e. The average Bonchev–Trinajstić information content (AvgIpc) is 2.76. The van der Waals surface area contributed by atoms with Crippen molar-refractivity contribution in [3.8, 4) is 0 Å². The van der Waals surface area contributed by atoms with Crippen molar-refractivity contribution in [1.82, 2.24) is 14.1 Å². The van der Waals surface area contributed by atoms with Crippen LogP contribution in [0.4, 0.5) is 0 Å². The van der Waals surface area contributed by atoms with E-state index in [0.717, 1.165) is 26.2 Å². The first-order valence-corrected chi connectivity index (χ1v) is 9.07. The molecule has 0 aromatic carbocycles. The summed E-state index contributed by atoms with van der Waals surface area (Å²) in [7, 11) is -1.09. The fourth-order valence-electron chi connectivity index (χ4n) is 2.99. The minimum absolute atomic E-state index is 0.178. The Hall–Kier alpha value is -0.210. The lowest BCUT2D eigenvalue weighted by atomic mass is 10.0. The zero-order chi connectivity index (χ0) is 14.8. The summed E-state index contributed by atoms with van der Waals surface area (Å²) >= 11 is 0. The molecule has 118 valence electrons. The maximum absolute atomic E-state index is 12.1. The Balaban J connectivity index is 1.90. The molecule has 0 aromatic rings. The normalized spacial score (nSPS) is 30.9. The summed E-state index contributed by atoms with van der Waals surface area (Å²) in [5.41, 5.74) is -0.878. The van der Waals surface area contributed by atoms with Crippen molar-refractivity contribution in [2.45, 2.75) is 25.4 Å². The second-order valence-corrected chi connectivity index (χ2v) is 8.29. The first-order chi connectivity index (χ1) is 9.35. The van der Waals surface area contributed by atoms with Gasteiger partial charge in [0, 0.05) is 45.8 Å². The molecule has 2 aliphatic heterocycles. The van der Waals surface area contributed by atoms with Gasteiger partial charge in [-0.1, -0.05) is 6.92 Å². The van der Waals surface area contributed by atoms with Gasteiger partial charge in [0.1, 0.15) is 0 Å². The molecule has 7 heteroatoms. The average molecular weight is 305 g/mol. The molecule has 0 bridgehead atoms. The molecule has 6 nitrogen and oxygen atoms in total. The SMILES string of the molecule is CCCS(=O)(=O)N1CC[C@](O)(CN2CCN(C)CC2)C1. The molecule has 0 saturated carbocycles. The van der Waals surface area contributed by atoms with Gasteiger partial charge < -0.3 is 10.0 Å². The van der Waals surface area contributed by atoms with Crippen LogP contribution in [0.5, 0.6) is 0 Å². The maximum atomic E-state index is 12.1. The summed E-state index contributed by atoms with van der Waals surface area (Å²) in [5, 5.41) is 10.6. The molecule has 2 fully saturated rings. The van der Waals surface area contributed by atoms with Gasteiger partial charge in [0.15, 0.2) is 0 Å². The molecule has 0 unspecified atom stereocenters. The number of likely N-dealkylation sites (N-methyl/N-ethyl adjacent to an activating group) is 1. The van der Waals surface area contributed by atoms with Gasteiger partial charge >= 0.3 is 0 Å². The van der Waals surface area contributed by atoms with Crippen LogP contribution in [0.3, 0.4) is 0 Å². The fraction of sp³-hybridized carbons (Fsp3) is 1.00. The Kier molecular flexibility index (Phi) is 5.07. The summed E-state index contributed by atoms with van der Waals surface area (Å²) in [6.45, 7) is 7.06. The third kappa shape index (κ3) is 3.92. The van der Waals surface area contributed by atoms with Gasteiger partial charge in [0.25, 0.3) is 0 Å². The van der Waals surface area contributed by atoms with Crippen LogP contribution in [0, 0.1) is 0 Å². The van der Waals surface area contributed by atoms with Crippen LogP contribution in [0.15, 0.2) is 0 Å². The molecule has 0 aliphatic carbocycles. The minimum atomic E-state index is -3.18. The third-order valence-corrected chi connectivity index (χ3v) is 6.29. The number of piperazine rings is 1. The van der Waals surface area contributed by atoms with Gasteiger partial charge in [-0.25, -0.2) is 8.42 Å². The van der Waals surface area contributed by atoms with Crippen LogP contribution in [-0.2, 0) is 10.0 Å². The van der Waals surface area contributed by atoms with Crippen molar-refractivity contribution in [2.75, 3.05) is 58.6 Å². The number of rotatable bonds is 5. The highest BCUT2D eigenvalue weighted by atomic mass is 32.2. The van der Waals surface area contributed by atoms with Gasteiger partial charge in [0.05, 0.1) is 11.4 Å². The van der Waals surface area contributed by atoms with Gasteiger partial charge in [0.2, 0.25) is 10.0 Å². The third-order valence-electron chi connectivity index (χ3n) is 4.27. The van der Waals surface area contributed by atoms with Gasteiger partial charge in [-0.2, -0.15) is 4.31 Å². The first-order valence-electron chi connectivity index (χ1n) is 7.46. The monoisotopic (exact) mass is 305 g/mol. The lowest BCUT2D eigenvalue weighted by Crippen LogP contribution is -2.52. The van der Waals surface area contributed by atoms with Gasteiger partial charge in [-0.3, -0.25) is 4.90 Å². The van der Waals surface area contributed by atoms with E-state index >= 15 is 0 Å². The van der Waals surface area contributed by atoms with Crippen LogP contribution in [0.1, 0.15) is 19.8 Å². The van der Waals surface area contributed by atoms with Crippen molar-refractivity contribution >= 4 is 10.0 Å². The van der Waals surface area contributed by atoms with Crippen LogP contribution in [0.2, 0.25) is 0 Å². The van der Waals surface area contributed by atoms with Crippen molar-refractivity contribution in [3.63, 3.8) is 0 Å². The second-order valence-electron chi connectivity index (χ2n) is 6.20. The van der Waals surface area contributed by atoms with E-state index in [1.54, 1.807) is 0 Å². The molecule has 2 heterocycles. The van der Waals surface area contributed by atoms with E-state index in [-0.39, 0.29) is 12.3 Å². The summed E-state index contributed by atoms with van der Waals surface area (Å²) in [6, 6.07) is 0. The van der Waals surface area contributed by atoms with Gasteiger partial charge in [-0.15, -0.1) is 0 Å². The number of sulfonamides is 1. The smallest absolute Gasteiger partial charge is 0.214 e. The Morgan fingerprint density at radius 1 is 1.15 bits per heavy atom. The summed E-state index contributed by atoms with van der Waals surface area (Å²) in [5.74, 6) is 0.178. The van der Waals surface area contributed by atoms with E-state index in [9.17, 15) is 13.5 Å². The highest BCUT2D eigenvalue weighted by Gasteiger charge is 2.41. The van der Waals surface area contributed by atoms with E-state index < -0.39 is 15.6 Å². The molecule has 0 aromatic heterocycles. The van der Waals surface area contributed by atoms with Crippen LogP contribution >= 0.6 is 0 Å². The number of aliphatic hydroxyl groups is 1. The number of hydrogen-bond donors (Lipinski definition) is 1. The molecule has 0 amide bonds. The predicted molar refractivity (Wildman–Crippen MR) is 79.2 cm³/mol. The highest BCUT2D eigenvalue weighted by Crippen LogP contribution is 2.25. The lowest BCUT2D eigenvalue weighted by molar-refractivity contribution is 0.00425. The van der Waals surface area contributed by atoms with Crippen LogP contribution < -0.4 is 0 Å². The Morgan fingerprint density at radius 2 is 1.80 bits per heavy atom. The summed E-state index contributed by atoms with van der Waals surface area (Å²) in [6.07, 6.45) is 1.16. The molecular weight excluding hydrogens is 278 g/mol. The molecule has 0 radical (unpaired) electrons. The van der Waals surface area contributed by atoms with Crippen molar-refractivity contribution < 1.29 is 13.5 Å². The van der Waals surface area contributed by atoms with Crippen molar-refractivity contribution in [2.24, 2.45) is 0 Å². The topological polar surface area (TPSA) is 64.1 Å². The van der Waals surface area contributed by atoms with Gasteiger partial charge in [-0.05, 0) is 19.9 Å².